The molecule has 1 aliphatic heterocycles. The van der Waals surface area contributed by atoms with E-state index in [9.17, 15) is 15.0 Å². The number of aromatic nitrogens is 3. The van der Waals surface area contributed by atoms with Crippen LogP contribution < -0.4 is 10.2 Å². The van der Waals surface area contributed by atoms with Crippen molar-refractivity contribution in [2.45, 2.75) is 83.2 Å². The highest BCUT2D eigenvalue weighted by Crippen LogP contribution is 2.37. The van der Waals surface area contributed by atoms with Crippen LogP contribution in [-0.4, -0.2) is 61.4 Å². The number of pyridine rings is 1. The number of carboxylic acids is 1. The van der Waals surface area contributed by atoms with E-state index in [1.165, 1.54) is 10.6 Å². The molecule has 0 spiro atoms. The Morgan fingerprint density at radius 3 is 2.77 bits per heavy atom. The molecule has 190 valence electrons. The summed E-state index contributed by atoms with van der Waals surface area (Å²) in [6.07, 6.45) is 7.45. The maximum absolute atomic E-state index is 12.0. The molecule has 35 heavy (non-hydrogen) atoms. The van der Waals surface area contributed by atoms with Crippen LogP contribution in [0.5, 0.6) is 6.01 Å². The number of nitrogens with one attached hydrogen (secondary N) is 1. The monoisotopic (exact) mass is 483 g/mol. The minimum absolute atomic E-state index is 0.0709. The van der Waals surface area contributed by atoms with Gasteiger partial charge in [0.25, 0.3) is 0 Å². The van der Waals surface area contributed by atoms with Crippen LogP contribution in [-0.2, 0) is 23.1 Å². The minimum atomic E-state index is -1.03. The molecule has 9 nitrogen and oxygen atoms in total. The van der Waals surface area contributed by atoms with Crippen molar-refractivity contribution < 1.29 is 19.8 Å². The molecule has 1 aliphatic carbocycles. The number of fused-ring (bicyclic) bond motifs is 1. The van der Waals surface area contributed by atoms with Gasteiger partial charge in [-0.05, 0) is 68.6 Å². The summed E-state index contributed by atoms with van der Waals surface area (Å²) in [6.45, 7) is 6.88. The smallest absolute Gasteiger partial charge is 0.336 e. The summed E-state index contributed by atoms with van der Waals surface area (Å²) in [5.41, 5.74) is 3.00. The van der Waals surface area contributed by atoms with Gasteiger partial charge in [0.1, 0.15) is 11.9 Å². The third-order valence-electron chi connectivity index (χ3n) is 6.91. The standard InChI is InChI=1S/C26H37N5O4/c1-26(2,3)22-10-13-28-25(30-22)35-31(21(11-14-32)24(33)34)20-15-17(16-20)6-8-19-9-7-18-5-4-12-27-23(18)29-19/h7,9-10,13,17,20-21,32H,4-6,8,11-12,14-16H2,1-3H3,(H,27,29)(H,33,34)/t17?,20?,21-/m0/s1. The first-order valence-corrected chi connectivity index (χ1v) is 12.6. The Labute approximate surface area is 206 Å². The van der Waals surface area contributed by atoms with Crippen molar-refractivity contribution in [2.24, 2.45) is 5.92 Å². The van der Waals surface area contributed by atoms with Gasteiger partial charge in [-0.2, -0.15) is 4.98 Å². The fourth-order valence-corrected chi connectivity index (χ4v) is 4.78. The van der Waals surface area contributed by atoms with Gasteiger partial charge in [0.05, 0.1) is 5.69 Å². The number of hydrogen-bond donors (Lipinski definition) is 3. The van der Waals surface area contributed by atoms with Gasteiger partial charge in [0.2, 0.25) is 0 Å². The maximum Gasteiger partial charge on any atom is 0.336 e. The van der Waals surface area contributed by atoms with E-state index in [2.05, 4.69) is 27.4 Å². The lowest BCUT2D eigenvalue weighted by atomic mass is 9.76. The normalized spacial score (nSPS) is 20.5. The molecule has 3 N–H and O–H groups in total. The molecule has 0 amide bonds. The minimum Gasteiger partial charge on any atom is -0.480 e. The lowest BCUT2D eigenvalue weighted by Crippen LogP contribution is -2.54. The Balaban J connectivity index is 1.40. The van der Waals surface area contributed by atoms with E-state index < -0.39 is 12.0 Å². The number of carboxylic acid groups (broad SMARTS) is 1. The van der Waals surface area contributed by atoms with Gasteiger partial charge in [-0.15, -0.1) is 5.06 Å². The van der Waals surface area contributed by atoms with E-state index in [0.717, 1.165) is 62.3 Å². The summed E-state index contributed by atoms with van der Waals surface area (Å²) in [4.78, 5) is 31.5. The van der Waals surface area contributed by atoms with E-state index in [4.69, 9.17) is 9.82 Å². The Kier molecular flexibility index (Phi) is 7.86. The van der Waals surface area contributed by atoms with Crippen LogP contribution in [0.25, 0.3) is 0 Å². The van der Waals surface area contributed by atoms with Crippen LogP contribution in [0.15, 0.2) is 24.4 Å². The predicted molar refractivity (Wildman–Crippen MR) is 132 cm³/mol. The summed E-state index contributed by atoms with van der Waals surface area (Å²) in [5, 5.41) is 24.2. The van der Waals surface area contributed by atoms with E-state index in [-0.39, 0.29) is 30.5 Å². The lowest BCUT2D eigenvalue weighted by Gasteiger charge is -2.43. The zero-order valence-corrected chi connectivity index (χ0v) is 20.9. The van der Waals surface area contributed by atoms with Gasteiger partial charge in [-0.3, -0.25) is 4.79 Å². The molecule has 0 radical (unpaired) electrons. The Bertz CT molecular complexity index is 1020. The molecule has 2 aromatic rings. The van der Waals surface area contributed by atoms with Crippen LogP contribution in [0.2, 0.25) is 0 Å². The number of nitrogens with zero attached hydrogens (tertiary/aromatic N) is 4. The number of aryl methyl sites for hydroxylation is 2. The summed E-state index contributed by atoms with van der Waals surface area (Å²) < 4.78 is 0. The number of aliphatic hydroxyl groups excluding tert-OH is 1. The molecule has 0 unspecified atom stereocenters. The second-order valence-corrected chi connectivity index (χ2v) is 10.7. The Hall–Kier alpha value is -2.78. The van der Waals surface area contributed by atoms with Crippen LogP contribution in [0.1, 0.15) is 69.8 Å². The molecular weight excluding hydrogens is 446 g/mol. The van der Waals surface area contributed by atoms with Crippen LogP contribution in [0.4, 0.5) is 5.82 Å². The van der Waals surface area contributed by atoms with E-state index in [1.54, 1.807) is 6.20 Å². The van der Waals surface area contributed by atoms with Crippen LogP contribution >= 0.6 is 0 Å². The first kappa shape index (κ1) is 25.3. The van der Waals surface area contributed by atoms with Crippen molar-refractivity contribution in [1.82, 2.24) is 20.0 Å². The van der Waals surface area contributed by atoms with Crippen molar-refractivity contribution in [2.75, 3.05) is 18.5 Å². The van der Waals surface area contributed by atoms with Crippen molar-refractivity contribution in [3.8, 4) is 6.01 Å². The molecule has 2 aromatic heterocycles. The highest BCUT2D eigenvalue weighted by molar-refractivity contribution is 5.73. The molecule has 0 saturated heterocycles. The molecule has 9 heteroatoms. The van der Waals surface area contributed by atoms with Crippen molar-refractivity contribution >= 4 is 11.8 Å². The van der Waals surface area contributed by atoms with Crippen LogP contribution in [0, 0.1) is 5.92 Å². The van der Waals surface area contributed by atoms with Gasteiger partial charge in [-0.1, -0.05) is 26.8 Å². The molecule has 3 heterocycles. The van der Waals surface area contributed by atoms with Crippen LogP contribution in [0.3, 0.4) is 0 Å². The molecule has 1 atom stereocenters. The molecule has 0 bridgehead atoms. The third kappa shape index (κ3) is 6.27. The SMILES string of the molecule is CC(C)(C)c1ccnc(ON(C2CC(CCc3ccc4c(n3)NCCC4)C2)[C@@H](CCO)C(=O)O)n1. The lowest BCUT2D eigenvalue weighted by molar-refractivity contribution is -0.189. The van der Waals surface area contributed by atoms with Gasteiger partial charge in [0.15, 0.2) is 0 Å². The second-order valence-electron chi connectivity index (χ2n) is 10.7. The summed E-state index contributed by atoms with van der Waals surface area (Å²) in [6, 6.07) is 5.23. The average Bonchev–Trinajstić information content (AvgIpc) is 2.80. The third-order valence-corrected chi connectivity index (χ3v) is 6.91. The topological polar surface area (TPSA) is 121 Å². The number of carbonyl (C=O) groups is 1. The van der Waals surface area contributed by atoms with E-state index in [0.29, 0.717) is 5.92 Å². The molecule has 1 saturated carbocycles. The molecule has 1 fully saturated rings. The first-order valence-electron chi connectivity index (χ1n) is 12.6. The van der Waals surface area contributed by atoms with E-state index >= 15 is 0 Å². The van der Waals surface area contributed by atoms with Gasteiger partial charge in [-0.25, -0.2) is 9.97 Å². The highest BCUT2D eigenvalue weighted by atomic mass is 16.7. The first-order chi connectivity index (χ1) is 16.7. The number of aliphatic hydroxyl groups is 1. The second kappa shape index (κ2) is 10.9. The summed E-state index contributed by atoms with van der Waals surface area (Å²) >= 11 is 0. The molecule has 2 aliphatic rings. The number of anilines is 1. The fourth-order valence-electron chi connectivity index (χ4n) is 4.78. The average molecular weight is 484 g/mol. The number of aliphatic carboxylic acids is 1. The van der Waals surface area contributed by atoms with Crippen molar-refractivity contribution in [1.29, 1.82) is 0 Å². The Morgan fingerprint density at radius 2 is 2.06 bits per heavy atom. The largest absolute Gasteiger partial charge is 0.480 e. The predicted octanol–water partition coefficient (Wildman–Crippen LogP) is 3.37. The van der Waals surface area contributed by atoms with E-state index in [1.807, 2.05) is 26.8 Å². The zero-order chi connectivity index (χ0) is 25.0. The molecule has 4 rings (SSSR count). The fraction of sp³-hybridized carbons (Fsp3) is 0.615. The van der Waals surface area contributed by atoms with Crippen molar-refractivity contribution in [3.63, 3.8) is 0 Å². The number of hydroxylamine groups is 2. The highest BCUT2D eigenvalue weighted by Gasteiger charge is 2.41. The quantitative estimate of drug-likeness (QED) is 0.437. The number of hydrogen-bond acceptors (Lipinski definition) is 8. The number of rotatable bonds is 10. The van der Waals surface area contributed by atoms with Gasteiger partial charge >= 0.3 is 12.0 Å². The zero-order valence-electron chi connectivity index (χ0n) is 20.9. The summed E-state index contributed by atoms with van der Waals surface area (Å²) in [7, 11) is 0. The Morgan fingerprint density at radius 1 is 1.26 bits per heavy atom. The molecule has 0 aromatic carbocycles. The summed E-state index contributed by atoms with van der Waals surface area (Å²) in [5.74, 6) is 0.452. The maximum atomic E-state index is 12.0. The molecular formula is C26H37N5O4. The van der Waals surface area contributed by atoms with Gasteiger partial charge in [0, 0.05) is 36.5 Å². The van der Waals surface area contributed by atoms with Crippen molar-refractivity contribution in [3.05, 3.63) is 41.3 Å². The van der Waals surface area contributed by atoms with Gasteiger partial charge < -0.3 is 20.4 Å².